The normalized spacial score (nSPS) is 25.6. The van der Waals surface area contributed by atoms with Crippen LogP contribution in [-0.4, -0.2) is 36.7 Å². The summed E-state index contributed by atoms with van der Waals surface area (Å²) in [5, 5.41) is 3.59. The van der Waals surface area contributed by atoms with E-state index in [0.29, 0.717) is 6.04 Å². The van der Waals surface area contributed by atoms with E-state index in [-0.39, 0.29) is 16.6 Å². The molecule has 2 unspecified atom stereocenters. The molecule has 3 nitrogen and oxygen atoms in total. The van der Waals surface area contributed by atoms with Crippen LogP contribution < -0.4 is 5.32 Å². The molecule has 0 amide bonds. The number of rotatable bonds is 5. The Hall–Kier alpha value is -0.220. The average Bonchev–Trinajstić information content (AvgIpc) is 2.36. The SMILES string of the molecule is COC(=O)C1CCCC(NCC(C)(C)SC)C1. The van der Waals surface area contributed by atoms with Gasteiger partial charge < -0.3 is 10.1 Å². The Morgan fingerprint density at radius 1 is 1.47 bits per heavy atom. The Morgan fingerprint density at radius 2 is 2.18 bits per heavy atom. The quantitative estimate of drug-likeness (QED) is 0.770. The first kappa shape index (κ1) is 14.8. The van der Waals surface area contributed by atoms with Crippen LogP contribution in [-0.2, 0) is 9.53 Å². The second-order valence-electron chi connectivity index (χ2n) is 5.43. The van der Waals surface area contributed by atoms with E-state index in [4.69, 9.17) is 4.74 Å². The average molecular weight is 259 g/mol. The third-order valence-electron chi connectivity index (χ3n) is 3.58. The van der Waals surface area contributed by atoms with Gasteiger partial charge in [0.15, 0.2) is 0 Å². The molecule has 1 fully saturated rings. The lowest BCUT2D eigenvalue weighted by Gasteiger charge is -2.31. The Labute approximate surface area is 109 Å². The summed E-state index contributed by atoms with van der Waals surface area (Å²) in [6.45, 7) is 5.48. The predicted octanol–water partition coefficient (Wildman–Crippen LogP) is 2.45. The van der Waals surface area contributed by atoms with Crippen LogP contribution in [0, 0.1) is 5.92 Å². The van der Waals surface area contributed by atoms with E-state index in [2.05, 4.69) is 25.4 Å². The number of carbonyl (C=O) groups is 1. The fraction of sp³-hybridized carbons (Fsp3) is 0.923. The minimum atomic E-state index is -0.0411. The first-order valence-electron chi connectivity index (χ1n) is 6.35. The third kappa shape index (κ3) is 4.88. The van der Waals surface area contributed by atoms with E-state index >= 15 is 0 Å². The maximum absolute atomic E-state index is 11.5. The molecule has 0 spiro atoms. The summed E-state index contributed by atoms with van der Waals surface area (Å²) >= 11 is 1.87. The Kier molecular flexibility index (Phi) is 5.80. The predicted molar refractivity (Wildman–Crippen MR) is 73.4 cm³/mol. The lowest BCUT2D eigenvalue weighted by atomic mass is 9.85. The van der Waals surface area contributed by atoms with Crippen molar-refractivity contribution in [2.75, 3.05) is 19.9 Å². The van der Waals surface area contributed by atoms with Crippen LogP contribution in [0.3, 0.4) is 0 Å². The summed E-state index contributed by atoms with van der Waals surface area (Å²) in [5.41, 5.74) is 0. The van der Waals surface area contributed by atoms with Crippen LogP contribution in [0.25, 0.3) is 0 Å². The van der Waals surface area contributed by atoms with Crippen LogP contribution in [0.4, 0.5) is 0 Å². The largest absolute Gasteiger partial charge is 0.469 e. The van der Waals surface area contributed by atoms with Gasteiger partial charge in [-0.25, -0.2) is 0 Å². The molecule has 1 aliphatic carbocycles. The van der Waals surface area contributed by atoms with Gasteiger partial charge in [0.25, 0.3) is 0 Å². The Morgan fingerprint density at radius 3 is 2.76 bits per heavy atom. The minimum absolute atomic E-state index is 0.0411. The monoisotopic (exact) mass is 259 g/mol. The molecule has 0 bridgehead atoms. The number of hydrogen-bond donors (Lipinski definition) is 1. The molecule has 1 aliphatic rings. The number of esters is 1. The van der Waals surface area contributed by atoms with E-state index in [1.807, 2.05) is 11.8 Å². The van der Waals surface area contributed by atoms with Crippen molar-refractivity contribution < 1.29 is 9.53 Å². The number of ether oxygens (including phenoxy) is 1. The molecule has 2 atom stereocenters. The van der Waals surface area contributed by atoms with Gasteiger partial charge in [0.2, 0.25) is 0 Å². The molecule has 0 aliphatic heterocycles. The molecular weight excluding hydrogens is 234 g/mol. The fourth-order valence-electron chi connectivity index (χ4n) is 2.22. The maximum Gasteiger partial charge on any atom is 0.308 e. The maximum atomic E-state index is 11.5. The molecule has 17 heavy (non-hydrogen) atoms. The van der Waals surface area contributed by atoms with Crippen LogP contribution >= 0.6 is 11.8 Å². The van der Waals surface area contributed by atoms with Gasteiger partial charge >= 0.3 is 5.97 Å². The fourth-order valence-corrected chi connectivity index (χ4v) is 2.45. The van der Waals surface area contributed by atoms with E-state index in [9.17, 15) is 4.79 Å². The molecule has 1 rings (SSSR count). The smallest absolute Gasteiger partial charge is 0.308 e. The minimum Gasteiger partial charge on any atom is -0.469 e. The lowest BCUT2D eigenvalue weighted by Crippen LogP contribution is -2.42. The highest BCUT2D eigenvalue weighted by molar-refractivity contribution is 7.99. The highest BCUT2D eigenvalue weighted by Crippen LogP contribution is 2.26. The Bertz CT molecular complexity index is 256. The first-order chi connectivity index (χ1) is 7.98. The molecule has 4 heteroatoms. The molecule has 0 saturated heterocycles. The van der Waals surface area contributed by atoms with Crippen molar-refractivity contribution in [3.63, 3.8) is 0 Å². The van der Waals surface area contributed by atoms with Gasteiger partial charge in [-0.2, -0.15) is 11.8 Å². The summed E-state index contributed by atoms with van der Waals surface area (Å²) in [6.07, 6.45) is 6.35. The number of thioether (sulfide) groups is 1. The summed E-state index contributed by atoms with van der Waals surface area (Å²) in [7, 11) is 1.48. The number of carbonyl (C=O) groups excluding carboxylic acids is 1. The lowest BCUT2D eigenvalue weighted by molar-refractivity contribution is -0.146. The topological polar surface area (TPSA) is 38.3 Å². The number of methoxy groups -OCH3 is 1. The standard InChI is InChI=1S/C13H25NO2S/c1-13(2,17-4)9-14-11-7-5-6-10(8-11)12(15)16-3/h10-11,14H,5-9H2,1-4H3. The summed E-state index contributed by atoms with van der Waals surface area (Å²) in [6, 6.07) is 0.472. The summed E-state index contributed by atoms with van der Waals surface area (Å²) < 4.78 is 5.10. The summed E-state index contributed by atoms with van der Waals surface area (Å²) in [4.78, 5) is 11.5. The van der Waals surface area contributed by atoms with Crippen molar-refractivity contribution in [3.8, 4) is 0 Å². The van der Waals surface area contributed by atoms with Crippen molar-refractivity contribution in [1.29, 1.82) is 0 Å². The number of nitrogens with one attached hydrogen (secondary N) is 1. The summed E-state index contributed by atoms with van der Waals surface area (Å²) in [5.74, 6) is 0.0595. The zero-order chi connectivity index (χ0) is 12.9. The van der Waals surface area contributed by atoms with E-state index in [1.54, 1.807) is 0 Å². The van der Waals surface area contributed by atoms with Crippen LogP contribution in [0.2, 0.25) is 0 Å². The molecule has 0 aromatic rings. The molecular formula is C13H25NO2S. The van der Waals surface area contributed by atoms with Crippen molar-refractivity contribution in [2.24, 2.45) is 5.92 Å². The van der Waals surface area contributed by atoms with E-state index < -0.39 is 0 Å². The molecule has 0 aromatic heterocycles. The highest BCUT2D eigenvalue weighted by Gasteiger charge is 2.28. The molecule has 0 heterocycles. The van der Waals surface area contributed by atoms with Gasteiger partial charge in [0.1, 0.15) is 0 Å². The zero-order valence-corrected chi connectivity index (χ0v) is 12.2. The third-order valence-corrected chi connectivity index (χ3v) is 4.83. The second-order valence-corrected chi connectivity index (χ2v) is 6.94. The van der Waals surface area contributed by atoms with Gasteiger partial charge in [-0.05, 0) is 39.4 Å². The molecule has 100 valence electrons. The van der Waals surface area contributed by atoms with Gasteiger partial charge in [0.05, 0.1) is 13.0 Å². The van der Waals surface area contributed by atoms with Crippen molar-refractivity contribution in [2.45, 2.75) is 50.3 Å². The van der Waals surface area contributed by atoms with Crippen molar-refractivity contribution in [3.05, 3.63) is 0 Å². The highest BCUT2D eigenvalue weighted by atomic mass is 32.2. The van der Waals surface area contributed by atoms with Crippen molar-refractivity contribution in [1.82, 2.24) is 5.32 Å². The molecule has 0 radical (unpaired) electrons. The Balaban J connectivity index is 2.37. The van der Waals surface area contributed by atoms with Gasteiger partial charge in [0, 0.05) is 17.3 Å². The van der Waals surface area contributed by atoms with E-state index in [1.165, 1.54) is 13.5 Å². The zero-order valence-electron chi connectivity index (χ0n) is 11.4. The van der Waals surface area contributed by atoms with Gasteiger partial charge in [-0.1, -0.05) is 6.42 Å². The molecule has 1 saturated carbocycles. The molecule has 0 aromatic carbocycles. The first-order valence-corrected chi connectivity index (χ1v) is 7.57. The number of hydrogen-bond acceptors (Lipinski definition) is 4. The molecule has 1 N–H and O–H groups in total. The van der Waals surface area contributed by atoms with Crippen molar-refractivity contribution >= 4 is 17.7 Å². The second kappa shape index (κ2) is 6.64. The van der Waals surface area contributed by atoms with Crippen LogP contribution in [0.15, 0.2) is 0 Å². The van der Waals surface area contributed by atoms with Gasteiger partial charge in [-0.3, -0.25) is 4.79 Å². The van der Waals surface area contributed by atoms with Crippen LogP contribution in [0.1, 0.15) is 39.5 Å². The van der Waals surface area contributed by atoms with Crippen LogP contribution in [0.5, 0.6) is 0 Å². The van der Waals surface area contributed by atoms with Gasteiger partial charge in [-0.15, -0.1) is 0 Å². The van der Waals surface area contributed by atoms with E-state index in [0.717, 1.165) is 25.8 Å².